The molecule has 1 saturated heterocycles. The predicted molar refractivity (Wildman–Crippen MR) is 69.5 cm³/mol. The highest BCUT2D eigenvalue weighted by Crippen LogP contribution is 2.35. The molecule has 1 atom stereocenters. The SMILES string of the molecule is CCCC1(C(=O)O)CCCN(C(=O)N(C)CC)C1. The van der Waals surface area contributed by atoms with Gasteiger partial charge in [0.2, 0.25) is 0 Å². The molecule has 1 heterocycles. The fourth-order valence-corrected chi connectivity index (χ4v) is 2.64. The summed E-state index contributed by atoms with van der Waals surface area (Å²) in [6.45, 7) is 5.56. The van der Waals surface area contributed by atoms with Crippen LogP contribution in [0.25, 0.3) is 0 Å². The van der Waals surface area contributed by atoms with Crippen molar-refractivity contribution in [1.82, 2.24) is 9.80 Å². The number of likely N-dealkylation sites (tertiary alicyclic amines) is 1. The molecule has 0 saturated carbocycles. The van der Waals surface area contributed by atoms with Crippen LogP contribution < -0.4 is 0 Å². The van der Waals surface area contributed by atoms with Crippen molar-refractivity contribution in [2.75, 3.05) is 26.7 Å². The summed E-state index contributed by atoms with van der Waals surface area (Å²) in [5.74, 6) is -0.763. The molecule has 1 rings (SSSR count). The summed E-state index contributed by atoms with van der Waals surface area (Å²) >= 11 is 0. The van der Waals surface area contributed by atoms with Crippen molar-refractivity contribution < 1.29 is 14.7 Å². The van der Waals surface area contributed by atoms with Gasteiger partial charge in [-0.2, -0.15) is 0 Å². The predicted octanol–water partition coefficient (Wildman–Crippen LogP) is 2.03. The van der Waals surface area contributed by atoms with E-state index in [4.69, 9.17) is 0 Å². The molecule has 1 aliphatic rings. The van der Waals surface area contributed by atoms with Crippen LogP contribution in [0.15, 0.2) is 0 Å². The molecule has 2 amide bonds. The van der Waals surface area contributed by atoms with E-state index in [2.05, 4.69) is 0 Å². The maximum atomic E-state index is 12.1. The first kappa shape index (κ1) is 14.8. The Labute approximate surface area is 109 Å². The van der Waals surface area contributed by atoms with Crippen molar-refractivity contribution in [2.24, 2.45) is 5.41 Å². The highest BCUT2D eigenvalue weighted by Gasteiger charge is 2.43. The number of hydrogen-bond donors (Lipinski definition) is 1. The van der Waals surface area contributed by atoms with E-state index in [-0.39, 0.29) is 6.03 Å². The number of amides is 2. The molecule has 104 valence electrons. The zero-order valence-electron chi connectivity index (χ0n) is 11.6. The number of rotatable bonds is 4. The molecule has 5 nitrogen and oxygen atoms in total. The van der Waals surface area contributed by atoms with Crippen LogP contribution >= 0.6 is 0 Å². The van der Waals surface area contributed by atoms with Gasteiger partial charge >= 0.3 is 12.0 Å². The summed E-state index contributed by atoms with van der Waals surface area (Å²) in [6, 6.07) is -0.0565. The molecule has 0 spiro atoms. The Hall–Kier alpha value is -1.26. The normalized spacial score (nSPS) is 23.8. The van der Waals surface area contributed by atoms with E-state index in [1.165, 1.54) is 0 Å². The Bertz CT molecular complexity index is 315. The minimum Gasteiger partial charge on any atom is -0.481 e. The highest BCUT2D eigenvalue weighted by molar-refractivity contribution is 5.78. The summed E-state index contributed by atoms with van der Waals surface area (Å²) in [7, 11) is 1.75. The Morgan fingerprint density at radius 3 is 2.56 bits per heavy atom. The van der Waals surface area contributed by atoms with Gasteiger partial charge in [0.1, 0.15) is 0 Å². The van der Waals surface area contributed by atoms with Crippen molar-refractivity contribution in [2.45, 2.75) is 39.5 Å². The average Bonchev–Trinajstić information content (AvgIpc) is 2.37. The number of hydrogen-bond acceptors (Lipinski definition) is 2. The van der Waals surface area contributed by atoms with Crippen molar-refractivity contribution in [3.05, 3.63) is 0 Å². The summed E-state index contributed by atoms with van der Waals surface area (Å²) in [4.78, 5) is 26.9. The fraction of sp³-hybridized carbons (Fsp3) is 0.846. The summed E-state index contributed by atoms with van der Waals surface area (Å²) in [6.07, 6.45) is 2.92. The molecule has 18 heavy (non-hydrogen) atoms. The van der Waals surface area contributed by atoms with Crippen LogP contribution in [0.5, 0.6) is 0 Å². The van der Waals surface area contributed by atoms with E-state index < -0.39 is 11.4 Å². The van der Waals surface area contributed by atoms with Crippen LogP contribution in [0.1, 0.15) is 39.5 Å². The zero-order valence-corrected chi connectivity index (χ0v) is 11.6. The van der Waals surface area contributed by atoms with E-state index >= 15 is 0 Å². The van der Waals surface area contributed by atoms with Crippen LogP contribution in [0.2, 0.25) is 0 Å². The number of carbonyl (C=O) groups is 2. The number of piperidine rings is 1. The van der Waals surface area contributed by atoms with Gasteiger partial charge in [0.15, 0.2) is 0 Å². The van der Waals surface area contributed by atoms with E-state index in [0.29, 0.717) is 32.5 Å². The number of urea groups is 1. The molecule has 0 radical (unpaired) electrons. The topological polar surface area (TPSA) is 60.9 Å². The monoisotopic (exact) mass is 256 g/mol. The van der Waals surface area contributed by atoms with Crippen molar-refractivity contribution in [3.8, 4) is 0 Å². The molecule has 0 aromatic carbocycles. The highest BCUT2D eigenvalue weighted by atomic mass is 16.4. The molecule has 0 aromatic rings. The van der Waals surface area contributed by atoms with Gasteiger partial charge in [-0.3, -0.25) is 4.79 Å². The van der Waals surface area contributed by atoms with Gasteiger partial charge in [-0.25, -0.2) is 4.79 Å². The summed E-state index contributed by atoms with van der Waals surface area (Å²) in [5, 5.41) is 9.46. The van der Waals surface area contributed by atoms with E-state index in [0.717, 1.165) is 12.8 Å². The van der Waals surface area contributed by atoms with E-state index in [1.807, 2.05) is 13.8 Å². The number of carboxylic acid groups (broad SMARTS) is 1. The van der Waals surface area contributed by atoms with Gasteiger partial charge in [0, 0.05) is 26.7 Å². The van der Waals surface area contributed by atoms with Crippen molar-refractivity contribution in [3.63, 3.8) is 0 Å². The Morgan fingerprint density at radius 2 is 2.06 bits per heavy atom. The molecule has 0 aromatic heterocycles. The number of aliphatic carboxylic acids is 1. The van der Waals surface area contributed by atoms with Crippen LogP contribution in [0.4, 0.5) is 4.79 Å². The number of carbonyl (C=O) groups excluding carboxylic acids is 1. The van der Waals surface area contributed by atoms with E-state index in [9.17, 15) is 14.7 Å². The summed E-state index contributed by atoms with van der Waals surface area (Å²) in [5.41, 5.74) is -0.739. The smallest absolute Gasteiger partial charge is 0.319 e. The Morgan fingerprint density at radius 1 is 1.39 bits per heavy atom. The second-order valence-electron chi connectivity index (χ2n) is 5.16. The van der Waals surface area contributed by atoms with Crippen molar-refractivity contribution in [1.29, 1.82) is 0 Å². The van der Waals surface area contributed by atoms with Crippen LogP contribution in [0.3, 0.4) is 0 Å². The van der Waals surface area contributed by atoms with Crippen LogP contribution in [0, 0.1) is 5.41 Å². The van der Waals surface area contributed by atoms with Gasteiger partial charge in [-0.15, -0.1) is 0 Å². The molecule has 1 N–H and O–H groups in total. The van der Waals surface area contributed by atoms with Gasteiger partial charge in [0.25, 0.3) is 0 Å². The minimum absolute atomic E-state index is 0.0565. The lowest BCUT2D eigenvalue weighted by Crippen LogP contribution is -2.52. The molecule has 1 unspecified atom stereocenters. The fourth-order valence-electron chi connectivity index (χ4n) is 2.64. The first-order valence-corrected chi connectivity index (χ1v) is 6.70. The first-order valence-electron chi connectivity index (χ1n) is 6.70. The molecule has 0 aliphatic carbocycles. The first-order chi connectivity index (χ1) is 8.46. The lowest BCUT2D eigenvalue weighted by Gasteiger charge is -2.41. The molecular formula is C13H24N2O3. The van der Waals surface area contributed by atoms with Gasteiger partial charge in [0.05, 0.1) is 5.41 Å². The standard InChI is InChI=1S/C13H24N2O3/c1-4-7-13(11(16)17)8-6-9-15(10-13)12(18)14(3)5-2/h4-10H2,1-3H3,(H,16,17). The third-order valence-electron chi connectivity index (χ3n) is 3.83. The second-order valence-corrected chi connectivity index (χ2v) is 5.16. The van der Waals surface area contributed by atoms with Gasteiger partial charge < -0.3 is 14.9 Å². The Kier molecular flexibility index (Phi) is 4.99. The molecule has 5 heteroatoms. The maximum Gasteiger partial charge on any atom is 0.319 e. The zero-order chi connectivity index (χ0) is 13.8. The maximum absolute atomic E-state index is 12.1. The minimum atomic E-state index is -0.763. The Balaban J connectivity index is 2.81. The van der Waals surface area contributed by atoms with Crippen molar-refractivity contribution >= 4 is 12.0 Å². The van der Waals surface area contributed by atoms with Crippen LogP contribution in [-0.4, -0.2) is 53.6 Å². The lowest BCUT2D eigenvalue weighted by molar-refractivity contribution is -0.152. The number of nitrogens with zero attached hydrogens (tertiary/aromatic N) is 2. The lowest BCUT2D eigenvalue weighted by atomic mass is 9.76. The van der Waals surface area contributed by atoms with Gasteiger partial charge in [-0.05, 0) is 26.2 Å². The van der Waals surface area contributed by atoms with Gasteiger partial charge in [-0.1, -0.05) is 13.3 Å². The van der Waals surface area contributed by atoms with Crippen LogP contribution in [-0.2, 0) is 4.79 Å². The summed E-state index contributed by atoms with van der Waals surface area (Å²) < 4.78 is 0. The number of carboxylic acids is 1. The largest absolute Gasteiger partial charge is 0.481 e. The third kappa shape index (κ3) is 2.94. The molecule has 1 fully saturated rings. The second kappa shape index (κ2) is 6.07. The molecule has 1 aliphatic heterocycles. The molecular weight excluding hydrogens is 232 g/mol. The third-order valence-corrected chi connectivity index (χ3v) is 3.83. The average molecular weight is 256 g/mol. The molecule has 0 bridgehead atoms. The van der Waals surface area contributed by atoms with E-state index in [1.54, 1.807) is 16.8 Å². The quantitative estimate of drug-likeness (QED) is 0.837.